The van der Waals surface area contributed by atoms with Crippen molar-refractivity contribution in [1.82, 2.24) is 9.88 Å². The second-order valence-corrected chi connectivity index (χ2v) is 6.86. The molecule has 2 aromatic rings. The molecule has 3 N–H and O–H groups in total. The predicted octanol–water partition coefficient (Wildman–Crippen LogP) is 1.85. The predicted molar refractivity (Wildman–Crippen MR) is 103 cm³/mol. The van der Waals surface area contributed by atoms with Gasteiger partial charge < -0.3 is 15.5 Å². The van der Waals surface area contributed by atoms with Crippen LogP contribution < -0.4 is 10.2 Å². The Morgan fingerprint density at radius 3 is 2.85 bits per heavy atom. The van der Waals surface area contributed by atoms with Gasteiger partial charge in [0.1, 0.15) is 6.54 Å². The maximum Gasteiger partial charge on any atom is 0.311 e. The van der Waals surface area contributed by atoms with Gasteiger partial charge in [0, 0.05) is 30.3 Å². The number of carbonyl (C=O) groups excluding carboxylic acids is 1. The summed E-state index contributed by atoms with van der Waals surface area (Å²) in [6.07, 6.45) is 3.57. The van der Waals surface area contributed by atoms with Crippen LogP contribution in [0.2, 0.25) is 0 Å². The topological polar surface area (TPSA) is 121 Å². The average molecular weight is 387 g/mol. The first kappa shape index (κ1) is 18.6. The molecule has 0 atom stereocenters. The van der Waals surface area contributed by atoms with Crippen molar-refractivity contribution >= 4 is 46.8 Å². The van der Waals surface area contributed by atoms with Crippen LogP contribution >= 0.6 is 11.3 Å². The van der Waals surface area contributed by atoms with Crippen LogP contribution in [0.25, 0.3) is 11.6 Å². The first-order valence-electron chi connectivity index (χ1n) is 8.22. The molecule has 1 aliphatic heterocycles. The molecule has 0 saturated carbocycles. The highest BCUT2D eigenvalue weighted by molar-refractivity contribution is 7.10. The largest absolute Gasteiger partial charge is 0.493 e. The molecule has 0 radical (unpaired) electrons. The summed E-state index contributed by atoms with van der Waals surface area (Å²) in [6, 6.07) is 7.52. The zero-order chi connectivity index (χ0) is 19.4. The van der Waals surface area contributed by atoms with Crippen molar-refractivity contribution in [2.24, 2.45) is 4.99 Å². The summed E-state index contributed by atoms with van der Waals surface area (Å²) in [4.78, 5) is 38.7. The van der Waals surface area contributed by atoms with E-state index in [2.05, 4.69) is 10.3 Å². The molecule has 9 heteroatoms. The second kappa shape index (κ2) is 8.00. The summed E-state index contributed by atoms with van der Waals surface area (Å²) in [6.45, 7) is -0.142. The summed E-state index contributed by atoms with van der Waals surface area (Å²) in [5.41, 5.74) is 2.49. The fourth-order valence-electron chi connectivity index (χ4n) is 2.61. The van der Waals surface area contributed by atoms with Crippen LogP contribution in [0.4, 0.5) is 5.69 Å². The molecule has 1 aliphatic rings. The number of carboxylic acids is 1. The van der Waals surface area contributed by atoms with Gasteiger partial charge >= 0.3 is 10.8 Å². The van der Waals surface area contributed by atoms with Gasteiger partial charge in [-0.15, -0.1) is 0 Å². The third-order valence-electron chi connectivity index (χ3n) is 3.93. The Morgan fingerprint density at radius 2 is 2.07 bits per heavy atom. The number of allylic oxidation sites excluding steroid dienone is 1. The van der Waals surface area contributed by atoms with Gasteiger partial charge in [-0.1, -0.05) is 29.5 Å². The minimum absolute atomic E-state index is 0.0509. The molecular weight excluding hydrogens is 370 g/mol. The lowest BCUT2D eigenvalue weighted by Gasteiger charge is -2.05. The van der Waals surface area contributed by atoms with E-state index in [1.54, 1.807) is 12.3 Å². The number of hydrogen-bond donors (Lipinski definition) is 3. The first-order valence-corrected chi connectivity index (χ1v) is 9.03. The summed E-state index contributed by atoms with van der Waals surface area (Å²) >= 11 is 0.838. The third-order valence-corrected chi connectivity index (χ3v) is 4.84. The lowest BCUT2D eigenvalue weighted by Crippen LogP contribution is -2.31. The van der Waals surface area contributed by atoms with Crippen LogP contribution in [-0.2, 0) is 16.1 Å². The molecule has 0 saturated heterocycles. The Bertz CT molecular complexity index is 1000. The van der Waals surface area contributed by atoms with Crippen molar-refractivity contribution in [3.63, 3.8) is 0 Å². The van der Waals surface area contributed by atoms with Crippen molar-refractivity contribution in [3.8, 4) is 5.88 Å². The normalized spacial score (nSPS) is 13.7. The number of fused-ring (bicyclic) bond motifs is 1. The molecule has 0 unspecified atom stereocenters. The minimum Gasteiger partial charge on any atom is -0.493 e. The molecule has 0 spiro atoms. The lowest BCUT2D eigenvalue weighted by atomic mass is 10.1. The number of thiazole rings is 1. The van der Waals surface area contributed by atoms with Crippen LogP contribution in [-0.4, -0.2) is 39.4 Å². The van der Waals surface area contributed by atoms with E-state index in [1.165, 1.54) is 0 Å². The monoisotopic (exact) mass is 387 g/mol. The second-order valence-electron chi connectivity index (χ2n) is 5.86. The van der Waals surface area contributed by atoms with Gasteiger partial charge in [0.05, 0.1) is 10.6 Å². The number of rotatable bonds is 7. The van der Waals surface area contributed by atoms with Gasteiger partial charge in [-0.05, 0) is 18.6 Å². The standard InChI is InChI=1S/C18H17N3O5S/c22-15(19-7-3-6-16(23)24)10-21-17(25)14(27-18(21)26)8-11-9-20-13-5-2-1-4-12(11)13/h1-2,4-5,8-9,25H,3,6-7,10H2,(H,19,22)(H,23,24)/b11-8-. The molecule has 3 rings (SSSR count). The van der Waals surface area contributed by atoms with E-state index in [1.807, 2.05) is 24.3 Å². The molecule has 0 aliphatic carbocycles. The summed E-state index contributed by atoms with van der Waals surface area (Å²) < 4.78 is 0.988. The van der Waals surface area contributed by atoms with Gasteiger partial charge in [0.2, 0.25) is 11.8 Å². The quantitative estimate of drug-likeness (QED) is 0.626. The van der Waals surface area contributed by atoms with Gasteiger partial charge in [0.25, 0.3) is 0 Å². The van der Waals surface area contributed by atoms with Crippen molar-refractivity contribution in [2.45, 2.75) is 19.4 Å². The van der Waals surface area contributed by atoms with E-state index in [-0.39, 0.29) is 25.4 Å². The molecule has 2 heterocycles. The Hall–Kier alpha value is -3.20. The van der Waals surface area contributed by atoms with E-state index in [9.17, 15) is 19.5 Å². The Morgan fingerprint density at radius 1 is 1.30 bits per heavy atom. The van der Waals surface area contributed by atoms with Crippen LogP contribution in [0.15, 0.2) is 34.1 Å². The summed E-state index contributed by atoms with van der Waals surface area (Å²) in [5, 5.41) is 21.4. The van der Waals surface area contributed by atoms with Crippen LogP contribution in [0.3, 0.4) is 0 Å². The SMILES string of the molecule is O=C(O)CCCNC(=O)Cn1c(O)c(/C=C2/C=Nc3ccccc32)sc1=O. The van der Waals surface area contributed by atoms with Crippen LogP contribution in [0.1, 0.15) is 23.3 Å². The number of para-hydroxylation sites is 1. The molecule has 27 heavy (non-hydrogen) atoms. The van der Waals surface area contributed by atoms with Crippen molar-refractivity contribution in [1.29, 1.82) is 0 Å². The number of aromatic nitrogens is 1. The molecule has 0 fully saturated rings. The highest BCUT2D eigenvalue weighted by atomic mass is 32.1. The molecule has 1 aromatic carbocycles. The Kier molecular flexibility index (Phi) is 5.51. The van der Waals surface area contributed by atoms with Crippen molar-refractivity contribution in [3.05, 3.63) is 44.4 Å². The molecular formula is C18H17N3O5S. The zero-order valence-corrected chi connectivity index (χ0v) is 15.0. The van der Waals surface area contributed by atoms with Crippen molar-refractivity contribution in [2.75, 3.05) is 6.54 Å². The third kappa shape index (κ3) is 4.32. The van der Waals surface area contributed by atoms with Gasteiger partial charge in [-0.25, -0.2) is 0 Å². The average Bonchev–Trinajstić information content (AvgIpc) is 3.15. The van der Waals surface area contributed by atoms with Gasteiger partial charge in [-0.2, -0.15) is 0 Å². The lowest BCUT2D eigenvalue weighted by molar-refractivity contribution is -0.137. The summed E-state index contributed by atoms with van der Waals surface area (Å²) in [5.74, 6) is -1.69. The minimum atomic E-state index is -0.939. The van der Waals surface area contributed by atoms with Gasteiger partial charge in [0.15, 0.2) is 0 Å². The number of aromatic hydroxyl groups is 1. The highest BCUT2D eigenvalue weighted by Crippen LogP contribution is 2.34. The molecule has 8 nitrogen and oxygen atoms in total. The first-order chi connectivity index (χ1) is 13.0. The zero-order valence-electron chi connectivity index (χ0n) is 14.2. The number of nitrogens with zero attached hydrogens (tertiary/aromatic N) is 2. The number of amides is 1. The fourth-order valence-corrected chi connectivity index (χ4v) is 3.45. The van der Waals surface area contributed by atoms with E-state index in [0.29, 0.717) is 11.3 Å². The summed E-state index contributed by atoms with van der Waals surface area (Å²) in [7, 11) is 0. The number of benzene rings is 1. The molecule has 0 bridgehead atoms. The van der Waals surface area contributed by atoms with Crippen molar-refractivity contribution < 1.29 is 19.8 Å². The molecule has 1 aromatic heterocycles. The van der Waals surface area contributed by atoms with E-state index < -0.39 is 16.7 Å². The Balaban J connectivity index is 1.72. The van der Waals surface area contributed by atoms with Crippen LogP contribution in [0, 0.1) is 0 Å². The van der Waals surface area contributed by atoms with E-state index in [4.69, 9.17) is 5.11 Å². The smallest absolute Gasteiger partial charge is 0.311 e. The number of aliphatic carboxylic acids is 1. The number of hydrogen-bond acceptors (Lipinski definition) is 6. The Labute approximate surface area is 158 Å². The van der Waals surface area contributed by atoms with Crippen LogP contribution in [0.5, 0.6) is 5.88 Å². The maximum absolute atomic E-state index is 12.1. The van der Waals surface area contributed by atoms with E-state index in [0.717, 1.165) is 32.7 Å². The highest BCUT2D eigenvalue weighted by Gasteiger charge is 2.17. The number of aliphatic imine (C=N–C) groups is 1. The number of carboxylic acid groups (broad SMARTS) is 1. The van der Waals surface area contributed by atoms with E-state index >= 15 is 0 Å². The van der Waals surface area contributed by atoms with Gasteiger partial charge in [-0.3, -0.25) is 23.9 Å². The molecule has 1 amide bonds. The fraction of sp³-hybridized carbons (Fsp3) is 0.222. The molecule has 140 valence electrons. The number of nitrogens with one attached hydrogen (secondary N) is 1. The number of carbonyl (C=O) groups is 2. The maximum atomic E-state index is 12.1.